The Labute approximate surface area is 169 Å². The van der Waals surface area contributed by atoms with Crippen LogP contribution in [0.4, 0.5) is 5.82 Å². The van der Waals surface area contributed by atoms with Gasteiger partial charge in [0.1, 0.15) is 5.69 Å². The van der Waals surface area contributed by atoms with Gasteiger partial charge in [-0.15, -0.1) is 0 Å². The highest BCUT2D eigenvalue weighted by atomic mass is 16.1. The van der Waals surface area contributed by atoms with Crippen molar-refractivity contribution in [2.45, 2.75) is 6.54 Å². The Morgan fingerprint density at radius 1 is 1.00 bits per heavy atom. The molecular weight excluding hydrogens is 362 g/mol. The fraction of sp³-hybridized carbons (Fsp3) is 0.130. The Bertz CT molecular complexity index is 1140. The summed E-state index contributed by atoms with van der Waals surface area (Å²) in [5, 5.41) is 3.71. The molecule has 0 bridgehead atoms. The molecule has 29 heavy (non-hydrogen) atoms. The Morgan fingerprint density at radius 2 is 1.83 bits per heavy atom. The van der Waals surface area contributed by atoms with E-state index < -0.39 is 0 Å². The number of hydrogen-bond acceptors (Lipinski definition) is 5. The zero-order chi connectivity index (χ0) is 20.2. The van der Waals surface area contributed by atoms with Gasteiger partial charge in [0, 0.05) is 29.9 Å². The van der Waals surface area contributed by atoms with Gasteiger partial charge in [0.25, 0.3) is 5.91 Å². The number of carbonyl (C=O) groups excluding carboxylic acids is 1. The van der Waals surface area contributed by atoms with Crippen molar-refractivity contribution in [1.29, 1.82) is 0 Å². The van der Waals surface area contributed by atoms with Crippen LogP contribution in [0.1, 0.15) is 16.1 Å². The standard InChI is InChI=1S/C23H21N5O/c1-28(2)15-16-6-8-17(9-7-16)19-5-3-4-18-10-11-20(26-22(18)19)23(29)27-21-14-24-12-13-25-21/h3-14H,15H2,1-2H3,(H,25,27,29). The average Bonchev–Trinajstić information content (AvgIpc) is 2.74. The van der Waals surface area contributed by atoms with Crippen LogP contribution in [-0.2, 0) is 6.54 Å². The lowest BCUT2D eigenvalue weighted by Crippen LogP contribution is -2.14. The Hall–Kier alpha value is -3.64. The number of rotatable bonds is 5. The average molecular weight is 383 g/mol. The van der Waals surface area contributed by atoms with Crippen molar-refractivity contribution in [2.24, 2.45) is 0 Å². The number of nitrogens with one attached hydrogen (secondary N) is 1. The van der Waals surface area contributed by atoms with E-state index in [1.54, 1.807) is 12.3 Å². The van der Waals surface area contributed by atoms with Crippen molar-refractivity contribution in [3.05, 3.63) is 84.4 Å². The van der Waals surface area contributed by atoms with Crippen LogP contribution < -0.4 is 5.32 Å². The number of anilines is 1. The maximum Gasteiger partial charge on any atom is 0.275 e. The van der Waals surface area contributed by atoms with E-state index in [-0.39, 0.29) is 5.91 Å². The molecule has 0 aliphatic heterocycles. The smallest absolute Gasteiger partial charge is 0.275 e. The summed E-state index contributed by atoms with van der Waals surface area (Å²) in [6.45, 7) is 0.890. The fourth-order valence-electron chi connectivity index (χ4n) is 3.21. The van der Waals surface area contributed by atoms with E-state index in [1.807, 2.05) is 24.3 Å². The number of nitrogens with zero attached hydrogens (tertiary/aromatic N) is 4. The molecule has 0 aliphatic carbocycles. The van der Waals surface area contributed by atoms with Gasteiger partial charge in [-0.3, -0.25) is 9.78 Å². The van der Waals surface area contributed by atoms with Crippen LogP contribution in [0.15, 0.2) is 73.2 Å². The number of benzene rings is 2. The highest BCUT2D eigenvalue weighted by Gasteiger charge is 2.12. The van der Waals surface area contributed by atoms with E-state index in [2.05, 4.69) is 63.5 Å². The van der Waals surface area contributed by atoms with Crippen molar-refractivity contribution in [3.63, 3.8) is 0 Å². The van der Waals surface area contributed by atoms with Crippen molar-refractivity contribution >= 4 is 22.6 Å². The van der Waals surface area contributed by atoms with Crippen LogP contribution in [0.5, 0.6) is 0 Å². The van der Waals surface area contributed by atoms with Crippen molar-refractivity contribution in [2.75, 3.05) is 19.4 Å². The normalized spacial score (nSPS) is 11.0. The molecule has 0 saturated carbocycles. The molecule has 6 nitrogen and oxygen atoms in total. The second-order valence-corrected chi connectivity index (χ2v) is 7.05. The van der Waals surface area contributed by atoms with Crippen molar-refractivity contribution < 1.29 is 4.79 Å². The number of pyridine rings is 1. The molecule has 4 aromatic rings. The minimum atomic E-state index is -0.316. The monoisotopic (exact) mass is 383 g/mol. The first-order chi connectivity index (χ1) is 14.1. The predicted molar refractivity (Wildman–Crippen MR) is 115 cm³/mol. The van der Waals surface area contributed by atoms with Gasteiger partial charge in [-0.25, -0.2) is 9.97 Å². The Kier molecular flexibility index (Phi) is 5.27. The molecule has 2 heterocycles. The fourth-order valence-corrected chi connectivity index (χ4v) is 3.21. The van der Waals surface area contributed by atoms with Crippen molar-refractivity contribution in [3.8, 4) is 11.1 Å². The summed E-state index contributed by atoms with van der Waals surface area (Å²) in [7, 11) is 4.10. The number of para-hydroxylation sites is 1. The summed E-state index contributed by atoms with van der Waals surface area (Å²) in [5.74, 6) is 0.0766. The van der Waals surface area contributed by atoms with E-state index in [4.69, 9.17) is 0 Å². The maximum absolute atomic E-state index is 12.6. The minimum Gasteiger partial charge on any atom is -0.305 e. The topological polar surface area (TPSA) is 71.0 Å². The number of fused-ring (bicyclic) bond motifs is 1. The maximum atomic E-state index is 12.6. The molecule has 4 rings (SSSR count). The predicted octanol–water partition coefficient (Wildman–Crippen LogP) is 4.01. The highest BCUT2D eigenvalue weighted by molar-refractivity contribution is 6.04. The van der Waals surface area contributed by atoms with E-state index in [9.17, 15) is 4.79 Å². The van der Waals surface area contributed by atoms with Gasteiger partial charge in [0.05, 0.1) is 11.7 Å². The number of amides is 1. The van der Waals surface area contributed by atoms with Crippen LogP contribution >= 0.6 is 0 Å². The van der Waals surface area contributed by atoms with Crippen LogP contribution in [0.3, 0.4) is 0 Å². The highest BCUT2D eigenvalue weighted by Crippen LogP contribution is 2.28. The lowest BCUT2D eigenvalue weighted by atomic mass is 10.0. The van der Waals surface area contributed by atoms with Crippen LogP contribution in [0, 0.1) is 0 Å². The molecule has 0 radical (unpaired) electrons. The second kappa shape index (κ2) is 8.16. The Morgan fingerprint density at radius 3 is 2.55 bits per heavy atom. The minimum absolute atomic E-state index is 0.316. The zero-order valence-electron chi connectivity index (χ0n) is 16.3. The van der Waals surface area contributed by atoms with Crippen molar-refractivity contribution in [1.82, 2.24) is 19.9 Å². The SMILES string of the molecule is CN(C)Cc1ccc(-c2cccc3ccc(C(=O)Nc4cnccn4)nc23)cc1. The number of aromatic nitrogens is 3. The largest absolute Gasteiger partial charge is 0.305 e. The van der Waals surface area contributed by atoms with Gasteiger partial charge >= 0.3 is 0 Å². The van der Waals surface area contributed by atoms with E-state index in [0.717, 1.165) is 28.6 Å². The van der Waals surface area contributed by atoms with Gasteiger partial charge in [-0.05, 0) is 31.3 Å². The van der Waals surface area contributed by atoms with E-state index in [1.165, 1.54) is 18.0 Å². The lowest BCUT2D eigenvalue weighted by Gasteiger charge is -2.11. The molecule has 6 heteroatoms. The zero-order valence-corrected chi connectivity index (χ0v) is 16.3. The third-order valence-corrected chi connectivity index (χ3v) is 4.52. The van der Waals surface area contributed by atoms with Crippen LogP contribution in [0.2, 0.25) is 0 Å². The van der Waals surface area contributed by atoms with Gasteiger partial charge in [-0.1, -0.05) is 48.5 Å². The molecule has 2 aromatic heterocycles. The molecule has 1 amide bonds. The molecular formula is C23H21N5O. The molecule has 0 fully saturated rings. The summed E-state index contributed by atoms with van der Waals surface area (Å²) in [6, 6.07) is 18.1. The van der Waals surface area contributed by atoms with Gasteiger partial charge in [0.15, 0.2) is 5.82 Å². The number of carbonyl (C=O) groups is 1. The summed E-state index contributed by atoms with van der Waals surface area (Å²) >= 11 is 0. The summed E-state index contributed by atoms with van der Waals surface area (Å²) in [6.07, 6.45) is 4.58. The van der Waals surface area contributed by atoms with E-state index in [0.29, 0.717) is 11.5 Å². The first-order valence-corrected chi connectivity index (χ1v) is 9.31. The first-order valence-electron chi connectivity index (χ1n) is 9.31. The Balaban J connectivity index is 1.68. The number of hydrogen-bond donors (Lipinski definition) is 1. The molecule has 0 aliphatic rings. The summed E-state index contributed by atoms with van der Waals surface area (Å²) < 4.78 is 0. The third kappa shape index (κ3) is 4.28. The molecule has 0 spiro atoms. The van der Waals surface area contributed by atoms with Gasteiger partial charge in [0.2, 0.25) is 0 Å². The van der Waals surface area contributed by atoms with Gasteiger partial charge in [-0.2, -0.15) is 0 Å². The molecule has 0 unspecified atom stereocenters. The second-order valence-electron chi connectivity index (χ2n) is 7.05. The van der Waals surface area contributed by atoms with Gasteiger partial charge < -0.3 is 10.2 Å². The molecule has 0 saturated heterocycles. The van der Waals surface area contributed by atoms with Crippen LogP contribution in [-0.4, -0.2) is 39.9 Å². The molecule has 144 valence electrons. The third-order valence-electron chi connectivity index (χ3n) is 4.52. The molecule has 0 atom stereocenters. The summed E-state index contributed by atoms with van der Waals surface area (Å²) in [5.41, 5.74) is 4.43. The molecule has 1 N–H and O–H groups in total. The summed E-state index contributed by atoms with van der Waals surface area (Å²) in [4.78, 5) is 27.4. The van der Waals surface area contributed by atoms with E-state index >= 15 is 0 Å². The van der Waals surface area contributed by atoms with Crippen LogP contribution in [0.25, 0.3) is 22.0 Å². The first kappa shape index (κ1) is 18.7. The molecule has 2 aromatic carbocycles. The quantitative estimate of drug-likeness (QED) is 0.564. The lowest BCUT2D eigenvalue weighted by molar-refractivity contribution is 0.102.